The molecule has 0 aliphatic heterocycles. The van der Waals surface area contributed by atoms with Gasteiger partial charge in [0.05, 0.1) is 10.6 Å². The van der Waals surface area contributed by atoms with Crippen molar-refractivity contribution in [1.82, 2.24) is 0 Å². The van der Waals surface area contributed by atoms with Gasteiger partial charge in [0.1, 0.15) is 0 Å². The highest BCUT2D eigenvalue weighted by molar-refractivity contribution is 9.10. The fourth-order valence-corrected chi connectivity index (χ4v) is 3.84. The summed E-state index contributed by atoms with van der Waals surface area (Å²) in [6, 6.07) is 11.2. The summed E-state index contributed by atoms with van der Waals surface area (Å²) < 4.78 is 25.2. The number of benzene rings is 2. The van der Waals surface area contributed by atoms with Gasteiger partial charge in [0.25, 0.3) is 0 Å². The third-order valence-electron chi connectivity index (χ3n) is 2.60. The molecule has 19 heavy (non-hydrogen) atoms. The van der Waals surface area contributed by atoms with E-state index in [-0.39, 0.29) is 10.6 Å². The van der Waals surface area contributed by atoms with Crippen molar-refractivity contribution in [1.29, 1.82) is 0 Å². The molecule has 2 N–H and O–H groups in total. The van der Waals surface area contributed by atoms with Gasteiger partial charge in [-0.3, -0.25) is 0 Å². The van der Waals surface area contributed by atoms with E-state index < -0.39 is 9.84 Å². The van der Waals surface area contributed by atoms with Crippen molar-refractivity contribution in [2.24, 2.45) is 0 Å². The normalized spacial score (nSPS) is 11.5. The summed E-state index contributed by atoms with van der Waals surface area (Å²) in [7, 11) is -3.39. The van der Waals surface area contributed by atoms with Gasteiger partial charge in [0.15, 0.2) is 9.84 Å². The van der Waals surface area contributed by atoms with E-state index in [9.17, 15) is 8.42 Å². The second-order valence-corrected chi connectivity index (χ2v) is 7.34. The number of nitrogens with two attached hydrogens (primary N) is 1. The van der Waals surface area contributed by atoms with Crippen LogP contribution in [0.25, 0.3) is 0 Å². The third-order valence-corrected chi connectivity index (χ3v) is 5.27. The minimum atomic E-state index is -3.39. The predicted octanol–water partition coefficient (Wildman–Crippen LogP) is 3.66. The molecule has 2 aromatic carbocycles. The van der Waals surface area contributed by atoms with Gasteiger partial charge in [-0.05, 0) is 42.0 Å². The zero-order chi connectivity index (χ0) is 14.0. The standard InChI is InChI=1S/C13H11BrClNO2S/c14-13-7-11(16)4-1-9(13)8-19(17,18)12-5-2-10(15)3-6-12/h1-7H,8,16H2. The monoisotopic (exact) mass is 359 g/mol. The van der Waals surface area contributed by atoms with Crippen LogP contribution >= 0.6 is 27.5 Å². The Kier molecular flexibility index (Phi) is 4.18. The molecule has 0 atom stereocenters. The molecule has 0 amide bonds. The molecule has 0 fully saturated rings. The molecule has 6 heteroatoms. The lowest BCUT2D eigenvalue weighted by molar-refractivity contribution is 0.595. The van der Waals surface area contributed by atoms with Crippen molar-refractivity contribution in [2.75, 3.05) is 5.73 Å². The van der Waals surface area contributed by atoms with E-state index in [2.05, 4.69) is 15.9 Å². The molecule has 0 aromatic heterocycles. The SMILES string of the molecule is Nc1ccc(CS(=O)(=O)c2ccc(Cl)cc2)c(Br)c1. The molecule has 3 nitrogen and oxygen atoms in total. The van der Waals surface area contributed by atoms with Gasteiger partial charge in [-0.25, -0.2) is 8.42 Å². The number of halogens is 2. The topological polar surface area (TPSA) is 60.2 Å². The first-order valence-corrected chi connectivity index (χ1v) is 8.23. The van der Waals surface area contributed by atoms with E-state index in [1.54, 1.807) is 30.3 Å². The smallest absolute Gasteiger partial charge is 0.182 e. The minimum absolute atomic E-state index is 0.0878. The van der Waals surface area contributed by atoms with E-state index in [1.165, 1.54) is 12.1 Å². The van der Waals surface area contributed by atoms with Crippen LogP contribution in [0.15, 0.2) is 51.8 Å². The summed E-state index contributed by atoms with van der Waals surface area (Å²) >= 11 is 9.07. The maximum absolute atomic E-state index is 12.3. The molecular weight excluding hydrogens is 350 g/mol. The number of hydrogen-bond acceptors (Lipinski definition) is 3. The second-order valence-electron chi connectivity index (χ2n) is 4.06. The Bertz CT molecular complexity index is 699. The van der Waals surface area contributed by atoms with Crippen molar-refractivity contribution in [3.63, 3.8) is 0 Å². The molecule has 2 aromatic rings. The molecule has 0 aliphatic carbocycles. The molecule has 0 unspecified atom stereocenters. The summed E-state index contributed by atoms with van der Waals surface area (Å²) in [5.41, 5.74) is 6.88. The Morgan fingerprint density at radius 1 is 1.11 bits per heavy atom. The maximum Gasteiger partial charge on any atom is 0.182 e. The summed E-state index contributed by atoms with van der Waals surface area (Å²) in [5, 5.41) is 0.507. The molecular formula is C13H11BrClNO2S. The van der Waals surface area contributed by atoms with Crippen LogP contribution < -0.4 is 5.73 Å². The van der Waals surface area contributed by atoms with Crippen LogP contribution in [0.5, 0.6) is 0 Å². The van der Waals surface area contributed by atoms with E-state index in [4.69, 9.17) is 17.3 Å². The van der Waals surface area contributed by atoms with Gasteiger partial charge < -0.3 is 5.73 Å². The van der Waals surface area contributed by atoms with E-state index in [0.29, 0.717) is 20.7 Å². The molecule has 0 radical (unpaired) electrons. The Morgan fingerprint density at radius 3 is 2.32 bits per heavy atom. The quantitative estimate of drug-likeness (QED) is 0.850. The Balaban J connectivity index is 2.33. The zero-order valence-electron chi connectivity index (χ0n) is 9.81. The number of rotatable bonds is 3. The van der Waals surface area contributed by atoms with Gasteiger partial charge in [-0.2, -0.15) is 0 Å². The first-order chi connectivity index (χ1) is 8.88. The van der Waals surface area contributed by atoms with Crippen molar-refractivity contribution in [2.45, 2.75) is 10.6 Å². The number of hydrogen-bond donors (Lipinski definition) is 1. The molecule has 0 spiro atoms. The molecule has 100 valence electrons. The average molecular weight is 361 g/mol. The molecule has 2 rings (SSSR count). The van der Waals surface area contributed by atoms with E-state index in [1.807, 2.05) is 0 Å². The van der Waals surface area contributed by atoms with Crippen molar-refractivity contribution >= 4 is 43.1 Å². The minimum Gasteiger partial charge on any atom is -0.399 e. The van der Waals surface area contributed by atoms with E-state index >= 15 is 0 Å². The first-order valence-electron chi connectivity index (χ1n) is 5.41. The first kappa shape index (κ1) is 14.4. The van der Waals surface area contributed by atoms with Crippen LogP contribution in [0.1, 0.15) is 5.56 Å². The van der Waals surface area contributed by atoms with Crippen LogP contribution in [0.4, 0.5) is 5.69 Å². The van der Waals surface area contributed by atoms with Gasteiger partial charge in [-0.15, -0.1) is 0 Å². The van der Waals surface area contributed by atoms with Gasteiger partial charge >= 0.3 is 0 Å². The van der Waals surface area contributed by atoms with Gasteiger partial charge in [-0.1, -0.05) is 33.6 Å². The highest BCUT2D eigenvalue weighted by Crippen LogP contribution is 2.25. The summed E-state index contributed by atoms with van der Waals surface area (Å²) in [6.45, 7) is 0. The molecule has 0 aliphatic rings. The predicted molar refractivity (Wildman–Crippen MR) is 80.9 cm³/mol. The molecule has 0 saturated carbocycles. The number of sulfone groups is 1. The Hall–Kier alpha value is -1.04. The zero-order valence-corrected chi connectivity index (χ0v) is 13.0. The van der Waals surface area contributed by atoms with Gasteiger partial charge in [0.2, 0.25) is 0 Å². The highest BCUT2D eigenvalue weighted by Gasteiger charge is 2.16. The van der Waals surface area contributed by atoms with Crippen molar-refractivity contribution < 1.29 is 8.42 Å². The maximum atomic E-state index is 12.3. The lowest BCUT2D eigenvalue weighted by atomic mass is 10.2. The molecule has 0 bridgehead atoms. The van der Waals surface area contributed by atoms with Crippen LogP contribution in [-0.4, -0.2) is 8.42 Å². The van der Waals surface area contributed by atoms with E-state index in [0.717, 1.165) is 0 Å². The third kappa shape index (κ3) is 3.49. The van der Waals surface area contributed by atoms with Crippen LogP contribution in [0, 0.1) is 0 Å². The number of anilines is 1. The second kappa shape index (κ2) is 5.53. The lowest BCUT2D eigenvalue weighted by Crippen LogP contribution is -2.05. The van der Waals surface area contributed by atoms with Crippen molar-refractivity contribution in [3.8, 4) is 0 Å². The molecule has 0 heterocycles. The highest BCUT2D eigenvalue weighted by atomic mass is 79.9. The van der Waals surface area contributed by atoms with Crippen LogP contribution in [0.3, 0.4) is 0 Å². The van der Waals surface area contributed by atoms with Crippen molar-refractivity contribution in [3.05, 3.63) is 57.5 Å². The largest absolute Gasteiger partial charge is 0.399 e. The summed E-state index contributed by atoms with van der Waals surface area (Å²) in [5.74, 6) is -0.0878. The Morgan fingerprint density at radius 2 is 1.74 bits per heavy atom. The molecule has 0 saturated heterocycles. The fourth-order valence-electron chi connectivity index (χ4n) is 1.61. The van der Waals surface area contributed by atoms with Gasteiger partial charge in [0, 0.05) is 15.2 Å². The lowest BCUT2D eigenvalue weighted by Gasteiger charge is -2.07. The number of nitrogen functional groups attached to an aromatic ring is 1. The summed E-state index contributed by atoms with van der Waals surface area (Å²) in [6.07, 6.45) is 0. The van der Waals surface area contributed by atoms with Crippen LogP contribution in [-0.2, 0) is 15.6 Å². The average Bonchev–Trinajstić information content (AvgIpc) is 2.33. The Labute approximate surface area is 125 Å². The fraction of sp³-hybridized carbons (Fsp3) is 0.0769. The van der Waals surface area contributed by atoms with Crippen LogP contribution in [0.2, 0.25) is 5.02 Å². The summed E-state index contributed by atoms with van der Waals surface area (Å²) in [4.78, 5) is 0.251.